The number of anilines is 2. The van der Waals surface area contributed by atoms with E-state index < -0.39 is 0 Å². The number of carbonyl (C=O) groups is 2. The van der Waals surface area contributed by atoms with Crippen molar-refractivity contribution in [1.82, 2.24) is 19.9 Å². The Kier molecular flexibility index (Phi) is 8.70. The minimum Gasteiger partial charge on any atom is -0.337 e. The van der Waals surface area contributed by atoms with Crippen molar-refractivity contribution < 1.29 is 9.59 Å². The molecule has 2 amide bonds. The first kappa shape index (κ1) is 28.8. The molecule has 41 heavy (non-hydrogen) atoms. The number of aromatic nitrogens is 3. The summed E-state index contributed by atoms with van der Waals surface area (Å²) in [5, 5.41) is 3.49. The van der Waals surface area contributed by atoms with Crippen molar-refractivity contribution in [3.05, 3.63) is 94.3 Å². The predicted molar refractivity (Wildman–Crippen MR) is 166 cm³/mol. The predicted octanol–water partition coefficient (Wildman–Crippen LogP) is 6.05. The molecule has 1 aliphatic heterocycles. The lowest BCUT2D eigenvalue weighted by Gasteiger charge is -2.35. The monoisotopic (exact) mass is 586 g/mol. The third kappa shape index (κ3) is 7.12. The number of hydrogen-bond acceptors (Lipinski definition) is 8. The molecule has 2 aromatic carbocycles. The van der Waals surface area contributed by atoms with Crippen molar-refractivity contribution in [3.8, 4) is 0 Å². The zero-order chi connectivity index (χ0) is 29.0. The van der Waals surface area contributed by atoms with Gasteiger partial charge in [-0.3, -0.25) is 14.9 Å². The van der Waals surface area contributed by atoms with E-state index in [1.807, 2.05) is 54.3 Å². The van der Waals surface area contributed by atoms with Gasteiger partial charge in [-0.05, 0) is 53.8 Å². The molecule has 5 rings (SSSR count). The van der Waals surface area contributed by atoms with Crippen LogP contribution >= 0.6 is 23.1 Å². The number of nitrogens with zero attached hydrogens (tertiary/aromatic N) is 5. The molecule has 0 radical (unpaired) electrons. The molecule has 0 bridgehead atoms. The molecule has 8 nitrogen and oxygen atoms in total. The van der Waals surface area contributed by atoms with Crippen LogP contribution in [0.25, 0.3) is 0 Å². The summed E-state index contributed by atoms with van der Waals surface area (Å²) in [7, 11) is 0. The minimum atomic E-state index is -0.169. The summed E-state index contributed by atoms with van der Waals surface area (Å²) in [6.07, 6.45) is 5.27. The lowest BCUT2D eigenvalue weighted by molar-refractivity contribution is 0.0745. The highest BCUT2D eigenvalue weighted by Gasteiger charge is 2.24. The highest BCUT2D eigenvalue weighted by atomic mass is 32.2. The molecule has 0 aliphatic carbocycles. The molecule has 1 saturated heterocycles. The number of piperazine rings is 1. The Morgan fingerprint density at radius 1 is 0.976 bits per heavy atom. The fourth-order valence-corrected chi connectivity index (χ4v) is 6.30. The van der Waals surface area contributed by atoms with E-state index in [9.17, 15) is 9.59 Å². The van der Waals surface area contributed by atoms with Gasteiger partial charge in [0.05, 0.1) is 0 Å². The van der Waals surface area contributed by atoms with Crippen LogP contribution in [0.1, 0.15) is 57.5 Å². The van der Waals surface area contributed by atoms with Gasteiger partial charge in [0.15, 0.2) is 5.13 Å². The molecule has 10 heteroatoms. The number of benzene rings is 2. The largest absolute Gasteiger partial charge is 0.337 e. The summed E-state index contributed by atoms with van der Waals surface area (Å²) < 4.78 is 0. The van der Waals surface area contributed by atoms with Crippen LogP contribution in [-0.2, 0) is 11.2 Å². The van der Waals surface area contributed by atoms with Crippen molar-refractivity contribution in [3.63, 3.8) is 0 Å². The van der Waals surface area contributed by atoms with Gasteiger partial charge in [-0.2, -0.15) is 0 Å². The van der Waals surface area contributed by atoms with E-state index in [0.717, 1.165) is 20.9 Å². The van der Waals surface area contributed by atoms with Gasteiger partial charge in [0.1, 0.15) is 0 Å². The van der Waals surface area contributed by atoms with Crippen molar-refractivity contribution >= 4 is 46.0 Å². The Labute approximate surface area is 249 Å². The molecule has 0 atom stereocenters. The van der Waals surface area contributed by atoms with Gasteiger partial charge in [-0.25, -0.2) is 15.0 Å². The number of hydrogen-bond donors (Lipinski definition) is 1. The molecule has 0 spiro atoms. The summed E-state index contributed by atoms with van der Waals surface area (Å²) in [5.74, 6) is 1.28. The minimum absolute atomic E-state index is 0.0380. The number of thiazole rings is 1. The molecular formula is C31H34N6O2S2. The molecule has 2 aromatic heterocycles. The van der Waals surface area contributed by atoms with Crippen LogP contribution in [0.5, 0.6) is 0 Å². The topological polar surface area (TPSA) is 91.3 Å². The van der Waals surface area contributed by atoms with Gasteiger partial charge in [0.2, 0.25) is 5.95 Å². The van der Waals surface area contributed by atoms with E-state index in [4.69, 9.17) is 0 Å². The quantitative estimate of drug-likeness (QED) is 0.264. The molecule has 0 unspecified atom stereocenters. The third-order valence-electron chi connectivity index (χ3n) is 7.01. The number of carbonyl (C=O) groups excluding carboxylic acids is 2. The number of thioether (sulfide) groups is 1. The molecule has 212 valence electrons. The summed E-state index contributed by atoms with van der Waals surface area (Å²) >= 11 is 3.12. The van der Waals surface area contributed by atoms with Crippen LogP contribution in [0.4, 0.5) is 11.1 Å². The smallest absolute Gasteiger partial charge is 0.257 e. The maximum absolute atomic E-state index is 13.4. The van der Waals surface area contributed by atoms with E-state index in [1.54, 1.807) is 36.4 Å². The third-order valence-corrected chi connectivity index (χ3v) is 9.15. The normalized spacial score (nSPS) is 13.8. The van der Waals surface area contributed by atoms with E-state index in [1.165, 1.54) is 16.9 Å². The van der Waals surface area contributed by atoms with Crippen LogP contribution < -0.4 is 10.2 Å². The van der Waals surface area contributed by atoms with Crippen LogP contribution in [0.3, 0.4) is 0 Å². The SMILES string of the molecule is Cc1ccc(SCc2cnc(NC(=O)c3ccc(C(C)(C)C)cc3)s2)cc1C(=O)N1CCN(c2ncccn2)CC1. The number of aryl methyl sites for hydroxylation is 1. The fourth-order valence-electron chi connectivity index (χ4n) is 4.53. The standard InChI is InChI=1S/C31H34N6O2S2/c1-21-6-11-24(18-26(21)28(39)36-14-16-37(17-15-36)29-32-12-5-13-33-29)40-20-25-19-34-30(41-25)35-27(38)22-7-9-23(10-8-22)31(2,3)4/h5-13,18-19H,14-17,20H2,1-4H3,(H,34,35,38). The van der Waals surface area contributed by atoms with E-state index in [-0.39, 0.29) is 17.2 Å². The second kappa shape index (κ2) is 12.4. The van der Waals surface area contributed by atoms with Gasteiger partial charge in [0.25, 0.3) is 11.8 Å². The Morgan fingerprint density at radius 3 is 2.37 bits per heavy atom. The maximum atomic E-state index is 13.4. The first-order valence-electron chi connectivity index (χ1n) is 13.6. The van der Waals surface area contributed by atoms with Gasteiger partial charge < -0.3 is 9.80 Å². The fraction of sp³-hybridized carbons (Fsp3) is 0.323. The number of amides is 2. The number of nitrogens with one attached hydrogen (secondary N) is 1. The highest BCUT2D eigenvalue weighted by molar-refractivity contribution is 7.98. The molecule has 1 fully saturated rings. The Hall–Kier alpha value is -3.76. The van der Waals surface area contributed by atoms with E-state index >= 15 is 0 Å². The van der Waals surface area contributed by atoms with Crippen LogP contribution in [0.15, 0.2) is 72.0 Å². The average molecular weight is 587 g/mol. The zero-order valence-electron chi connectivity index (χ0n) is 23.8. The first-order valence-corrected chi connectivity index (χ1v) is 15.4. The van der Waals surface area contributed by atoms with Crippen LogP contribution in [0.2, 0.25) is 0 Å². The second-order valence-corrected chi connectivity index (χ2v) is 13.2. The summed E-state index contributed by atoms with van der Waals surface area (Å²) in [4.78, 5) is 45.3. The van der Waals surface area contributed by atoms with Crippen LogP contribution in [-0.4, -0.2) is 57.8 Å². The lowest BCUT2D eigenvalue weighted by atomic mass is 9.87. The molecular weight excluding hydrogens is 553 g/mol. The van der Waals surface area contributed by atoms with Crippen molar-refractivity contribution in [2.75, 3.05) is 36.4 Å². The van der Waals surface area contributed by atoms with Crippen molar-refractivity contribution in [2.45, 2.75) is 43.8 Å². The van der Waals surface area contributed by atoms with Crippen molar-refractivity contribution in [1.29, 1.82) is 0 Å². The average Bonchev–Trinajstić information content (AvgIpc) is 3.43. The Morgan fingerprint density at radius 2 is 1.68 bits per heavy atom. The molecule has 3 heterocycles. The Bertz CT molecular complexity index is 1510. The van der Waals surface area contributed by atoms with Gasteiger partial charge in [0, 0.05) is 71.4 Å². The lowest BCUT2D eigenvalue weighted by Crippen LogP contribution is -2.49. The summed E-state index contributed by atoms with van der Waals surface area (Å²) in [6.45, 7) is 11.1. The highest BCUT2D eigenvalue weighted by Crippen LogP contribution is 2.30. The van der Waals surface area contributed by atoms with Crippen LogP contribution in [0, 0.1) is 6.92 Å². The first-order chi connectivity index (χ1) is 19.7. The Balaban J connectivity index is 1.16. The molecule has 1 N–H and O–H groups in total. The maximum Gasteiger partial charge on any atom is 0.257 e. The summed E-state index contributed by atoms with van der Waals surface area (Å²) in [6, 6.07) is 15.6. The zero-order valence-corrected chi connectivity index (χ0v) is 25.4. The van der Waals surface area contributed by atoms with E-state index in [2.05, 4.69) is 45.9 Å². The second-order valence-electron chi connectivity index (χ2n) is 11.0. The van der Waals surface area contributed by atoms with Gasteiger partial charge in [-0.15, -0.1) is 23.1 Å². The molecule has 1 aliphatic rings. The summed E-state index contributed by atoms with van der Waals surface area (Å²) in [5.41, 5.74) is 3.52. The number of rotatable bonds is 7. The van der Waals surface area contributed by atoms with Crippen molar-refractivity contribution in [2.24, 2.45) is 0 Å². The van der Waals surface area contributed by atoms with E-state index in [0.29, 0.717) is 48.6 Å². The van der Waals surface area contributed by atoms with Gasteiger partial charge in [-0.1, -0.05) is 39.0 Å². The molecule has 4 aromatic rings. The van der Waals surface area contributed by atoms with Gasteiger partial charge >= 0.3 is 0 Å². The molecule has 0 saturated carbocycles.